The molecule has 1 heterocycles. The largest absolute Gasteiger partial charge is 0.455 e. The van der Waals surface area contributed by atoms with Crippen LogP contribution < -0.4 is 5.32 Å². The zero-order valence-electron chi connectivity index (χ0n) is 12.5. The minimum Gasteiger partial charge on any atom is -0.455 e. The van der Waals surface area contributed by atoms with Crippen molar-refractivity contribution in [2.45, 2.75) is 11.7 Å². The van der Waals surface area contributed by atoms with Crippen LogP contribution in [-0.2, 0) is 24.2 Å². The van der Waals surface area contributed by atoms with Gasteiger partial charge in [0, 0.05) is 10.9 Å². The molecular weight excluding hydrogens is 397 g/mol. The van der Waals surface area contributed by atoms with Gasteiger partial charge in [0.05, 0.1) is 27.3 Å². The first-order valence-corrected chi connectivity index (χ1v) is 10.6. The number of hydrogen-bond donors (Lipinski definition) is 1. The summed E-state index contributed by atoms with van der Waals surface area (Å²) < 4.78 is 27.5. The van der Waals surface area contributed by atoms with Crippen molar-refractivity contribution in [3.05, 3.63) is 28.2 Å². The summed E-state index contributed by atoms with van der Waals surface area (Å²) >= 11 is 12.8. The second-order valence-electron chi connectivity index (χ2n) is 5.17. The van der Waals surface area contributed by atoms with Crippen molar-refractivity contribution in [1.29, 1.82) is 0 Å². The van der Waals surface area contributed by atoms with E-state index in [2.05, 4.69) is 5.32 Å². The minimum absolute atomic E-state index is 0.0141. The molecule has 6 nitrogen and oxygen atoms in total. The molecule has 0 spiro atoms. The number of sulfone groups is 1. The van der Waals surface area contributed by atoms with Crippen molar-refractivity contribution in [3.63, 3.8) is 0 Å². The summed E-state index contributed by atoms with van der Waals surface area (Å²) in [6.07, 6.45) is 0.540. The minimum atomic E-state index is -2.97. The maximum atomic E-state index is 11.7. The first kappa shape index (κ1) is 19.4. The van der Waals surface area contributed by atoms with Gasteiger partial charge in [-0.25, -0.2) is 8.42 Å². The van der Waals surface area contributed by atoms with Crippen LogP contribution in [0.5, 0.6) is 0 Å². The molecule has 0 saturated carbocycles. The highest BCUT2D eigenvalue weighted by molar-refractivity contribution is 8.02. The van der Waals surface area contributed by atoms with E-state index in [1.54, 1.807) is 6.07 Å². The van der Waals surface area contributed by atoms with Gasteiger partial charge in [-0.1, -0.05) is 23.2 Å². The molecule has 10 heteroatoms. The lowest BCUT2D eigenvalue weighted by molar-refractivity contribution is -0.144. The van der Waals surface area contributed by atoms with Gasteiger partial charge < -0.3 is 10.1 Å². The average molecular weight is 412 g/mol. The molecule has 1 aliphatic heterocycles. The first-order chi connectivity index (χ1) is 11.2. The highest BCUT2D eigenvalue weighted by Crippen LogP contribution is 2.25. The molecule has 1 N–H and O–H groups in total. The molecule has 2 rings (SSSR count). The van der Waals surface area contributed by atoms with Crippen LogP contribution in [0.25, 0.3) is 0 Å². The lowest BCUT2D eigenvalue weighted by Gasteiger charge is -2.09. The topological polar surface area (TPSA) is 89.5 Å². The van der Waals surface area contributed by atoms with Gasteiger partial charge in [0.25, 0.3) is 5.91 Å². The van der Waals surface area contributed by atoms with E-state index in [0.29, 0.717) is 22.2 Å². The second-order valence-corrected chi connectivity index (χ2v) is 9.51. The zero-order valence-corrected chi connectivity index (χ0v) is 15.6. The molecule has 0 unspecified atom stereocenters. The van der Waals surface area contributed by atoms with E-state index in [1.165, 1.54) is 23.9 Å². The Balaban J connectivity index is 1.69. The highest BCUT2D eigenvalue weighted by atomic mass is 35.5. The Bertz CT molecular complexity index is 739. The number of hydrogen-bond acceptors (Lipinski definition) is 6. The fourth-order valence-corrected chi connectivity index (χ4v) is 5.77. The van der Waals surface area contributed by atoms with E-state index in [0.717, 1.165) is 0 Å². The van der Waals surface area contributed by atoms with Crippen LogP contribution >= 0.6 is 35.0 Å². The summed E-state index contributed by atoms with van der Waals surface area (Å²) in [5.41, 5.74) is 0.441. The van der Waals surface area contributed by atoms with Gasteiger partial charge in [-0.2, -0.15) is 0 Å². The standard InChI is InChI=1S/C14H15Cl2NO5S2/c15-11-2-1-9(5-12(11)16)17-13(18)6-22-14(19)7-23-10-3-4-24(20,21)8-10/h1-2,5,10H,3-4,6-8H2,(H,17,18)/t10-/m1/s1. The predicted octanol–water partition coefficient (Wildman–Crippen LogP) is 2.40. The molecule has 1 amide bonds. The van der Waals surface area contributed by atoms with E-state index in [9.17, 15) is 18.0 Å². The van der Waals surface area contributed by atoms with Crippen molar-refractivity contribution >= 4 is 62.4 Å². The summed E-state index contributed by atoms with van der Waals surface area (Å²) in [6, 6.07) is 4.60. The van der Waals surface area contributed by atoms with Crippen LogP contribution in [-0.4, -0.2) is 49.4 Å². The van der Waals surface area contributed by atoms with Gasteiger partial charge >= 0.3 is 5.97 Å². The average Bonchev–Trinajstić information content (AvgIpc) is 2.86. The number of rotatable bonds is 6. The summed E-state index contributed by atoms with van der Waals surface area (Å²) in [6.45, 7) is -0.428. The van der Waals surface area contributed by atoms with Crippen LogP contribution in [0.3, 0.4) is 0 Å². The number of carbonyl (C=O) groups excluding carboxylic acids is 2. The molecule has 1 aliphatic rings. The third kappa shape index (κ3) is 6.16. The summed E-state index contributed by atoms with van der Waals surface area (Å²) in [5, 5.41) is 3.11. The number of nitrogens with one attached hydrogen (secondary N) is 1. The first-order valence-electron chi connectivity index (χ1n) is 6.98. The Hall–Kier alpha value is -0.960. The number of halogens is 2. The Morgan fingerprint density at radius 2 is 2.04 bits per heavy atom. The van der Waals surface area contributed by atoms with Crippen molar-refractivity contribution in [2.75, 3.05) is 29.2 Å². The number of anilines is 1. The number of carbonyl (C=O) groups is 2. The van der Waals surface area contributed by atoms with Crippen LogP contribution in [0.15, 0.2) is 18.2 Å². The third-order valence-corrected chi connectivity index (χ3v) is 7.19. The van der Waals surface area contributed by atoms with Crippen molar-refractivity contribution in [3.8, 4) is 0 Å². The monoisotopic (exact) mass is 411 g/mol. The number of amides is 1. The van der Waals surface area contributed by atoms with Crippen LogP contribution in [0, 0.1) is 0 Å². The molecule has 1 saturated heterocycles. The van der Waals surface area contributed by atoms with Crippen LogP contribution in [0.4, 0.5) is 5.69 Å². The van der Waals surface area contributed by atoms with E-state index in [-0.39, 0.29) is 22.5 Å². The van der Waals surface area contributed by atoms with Crippen LogP contribution in [0.1, 0.15) is 6.42 Å². The lowest BCUT2D eigenvalue weighted by atomic mass is 10.3. The number of ether oxygens (including phenoxy) is 1. The SMILES string of the molecule is O=C(COC(=O)CS[C@@H]1CCS(=O)(=O)C1)Nc1ccc(Cl)c(Cl)c1. The molecule has 0 bridgehead atoms. The van der Waals surface area contributed by atoms with E-state index >= 15 is 0 Å². The maximum Gasteiger partial charge on any atom is 0.316 e. The second kappa shape index (κ2) is 8.42. The Kier molecular flexibility index (Phi) is 6.79. The third-order valence-electron chi connectivity index (χ3n) is 3.20. The summed E-state index contributed by atoms with van der Waals surface area (Å²) in [5.74, 6) is -0.807. The molecule has 1 fully saturated rings. The molecule has 1 aromatic rings. The fourth-order valence-electron chi connectivity index (χ4n) is 2.04. The van der Waals surface area contributed by atoms with Gasteiger partial charge in [-0.15, -0.1) is 11.8 Å². The normalized spacial score (nSPS) is 19.0. The molecule has 0 aliphatic carbocycles. The molecule has 0 radical (unpaired) electrons. The van der Waals surface area contributed by atoms with Crippen LogP contribution in [0.2, 0.25) is 10.0 Å². The molecule has 24 heavy (non-hydrogen) atoms. The molecule has 1 aromatic carbocycles. The lowest BCUT2D eigenvalue weighted by Crippen LogP contribution is -2.22. The van der Waals surface area contributed by atoms with Gasteiger partial charge in [-0.3, -0.25) is 9.59 Å². The van der Waals surface area contributed by atoms with E-state index in [4.69, 9.17) is 27.9 Å². The maximum absolute atomic E-state index is 11.7. The molecule has 1 atom stereocenters. The van der Waals surface area contributed by atoms with Gasteiger partial charge in [0.15, 0.2) is 16.4 Å². The summed E-state index contributed by atoms with van der Waals surface area (Å²) in [4.78, 5) is 23.3. The zero-order chi connectivity index (χ0) is 17.7. The smallest absolute Gasteiger partial charge is 0.316 e. The van der Waals surface area contributed by atoms with Gasteiger partial charge in [-0.05, 0) is 24.6 Å². The number of esters is 1. The Labute approximate surface area is 154 Å². The fraction of sp³-hybridized carbons (Fsp3) is 0.429. The molecule has 0 aromatic heterocycles. The van der Waals surface area contributed by atoms with Crippen molar-refractivity contribution in [2.24, 2.45) is 0 Å². The quantitative estimate of drug-likeness (QED) is 0.722. The highest BCUT2D eigenvalue weighted by Gasteiger charge is 2.28. The van der Waals surface area contributed by atoms with Gasteiger partial charge in [0.1, 0.15) is 0 Å². The van der Waals surface area contributed by atoms with E-state index < -0.39 is 28.3 Å². The number of benzene rings is 1. The molecular formula is C14H15Cl2NO5S2. The van der Waals surface area contributed by atoms with Gasteiger partial charge in [0.2, 0.25) is 0 Å². The predicted molar refractivity (Wildman–Crippen MR) is 95.6 cm³/mol. The van der Waals surface area contributed by atoms with Crippen molar-refractivity contribution in [1.82, 2.24) is 0 Å². The van der Waals surface area contributed by atoms with Crippen molar-refractivity contribution < 1.29 is 22.7 Å². The Morgan fingerprint density at radius 3 is 2.67 bits per heavy atom. The molecule has 132 valence electrons. The summed E-state index contributed by atoms with van der Waals surface area (Å²) in [7, 11) is -2.97. The number of thioether (sulfide) groups is 1. The van der Waals surface area contributed by atoms with E-state index in [1.807, 2.05) is 0 Å². The Morgan fingerprint density at radius 1 is 1.29 bits per heavy atom.